The van der Waals surface area contributed by atoms with Gasteiger partial charge in [0.1, 0.15) is 16.5 Å². The molecule has 2 amide bonds. The van der Waals surface area contributed by atoms with E-state index in [0.717, 1.165) is 28.4 Å². The predicted octanol–water partition coefficient (Wildman–Crippen LogP) is 5.75. The molecule has 0 aliphatic heterocycles. The summed E-state index contributed by atoms with van der Waals surface area (Å²) in [6.07, 6.45) is 2.67. The lowest BCUT2D eigenvalue weighted by Crippen LogP contribution is -2.32. The van der Waals surface area contributed by atoms with E-state index in [2.05, 4.69) is 10.3 Å². The molecule has 2 aromatic heterocycles. The zero-order valence-electron chi connectivity index (χ0n) is 19.7. The van der Waals surface area contributed by atoms with Crippen LogP contribution in [0.2, 0.25) is 0 Å². The van der Waals surface area contributed by atoms with Gasteiger partial charge in [0, 0.05) is 29.5 Å². The number of nitrogens with one attached hydrogen (secondary N) is 1. The number of carbonyl (C=O) groups is 2. The topological polar surface area (TPSA) is 67.2 Å². The van der Waals surface area contributed by atoms with Crippen LogP contribution in [-0.4, -0.2) is 32.8 Å². The van der Waals surface area contributed by atoms with E-state index in [1.807, 2.05) is 61.0 Å². The Morgan fingerprint density at radius 1 is 1.09 bits per heavy atom. The van der Waals surface area contributed by atoms with Gasteiger partial charge in [0.15, 0.2) is 0 Å². The highest BCUT2D eigenvalue weighted by atomic mass is 32.1. The minimum absolute atomic E-state index is 0.0724. The minimum Gasteiger partial charge on any atom is -0.343 e. The van der Waals surface area contributed by atoms with Gasteiger partial charge in [-0.15, -0.1) is 11.3 Å². The number of halogens is 1. The number of thiazole rings is 1. The highest BCUT2D eigenvalue weighted by Crippen LogP contribution is 2.18. The lowest BCUT2D eigenvalue weighted by atomic mass is 10.1. The Kier molecular flexibility index (Phi) is 7.72. The van der Waals surface area contributed by atoms with Crippen LogP contribution in [0.5, 0.6) is 0 Å². The van der Waals surface area contributed by atoms with Crippen molar-refractivity contribution >= 4 is 28.8 Å². The first-order chi connectivity index (χ1) is 16.9. The molecule has 0 bridgehead atoms. The summed E-state index contributed by atoms with van der Waals surface area (Å²) in [5, 5.41) is 5.39. The average molecular weight is 491 g/mol. The van der Waals surface area contributed by atoms with E-state index in [9.17, 15) is 14.0 Å². The van der Waals surface area contributed by atoms with Crippen molar-refractivity contribution in [2.24, 2.45) is 0 Å². The summed E-state index contributed by atoms with van der Waals surface area (Å²) in [6.45, 7) is 5.31. The Bertz CT molecular complexity index is 1310. The number of hydrogen-bond acceptors (Lipinski definition) is 4. The quantitative estimate of drug-likeness (QED) is 0.325. The van der Waals surface area contributed by atoms with Crippen LogP contribution in [0.15, 0.2) is 72.2 Å². The monoisotopic (exact) mass is 490 g/mol. The molecule has 0 aliphatic rings. The molecular weight excluding hydrogens is 463 g/mol. The second-order valence-electron chi connectivity index (χ2n) is 8.28. The molecule has 2 heterocycles. The van der Waals surface area contributed by atoms with Crippen LogP contribution in [0.4, 0.5) is 10.1 Å². The van der Waals surface area contributed by atoms with Crippen LogP contribution in [0.1, 0.15) is 50.5 Å². The van der Waals surface area contributed by atoms with Crippen molar-refractivity contribution < 1.29 is 14.0 Å². The summed E-state index contributed by atoms with van der Waals surface area (Å²) >= 11 is 1.41. The van der Waals surface area contributed by atoms with Gasteiger partial charge in [-0.1, -0.05) is 36.8 Å². The van der Waals surface area contributed by atoms with E-state index in [1.165, 1.54) is 23.5 Å². The maximum absolute atomic E-state index is 14.2. The highest BCUT2D eigenvalue weighted by molar-refractivity contribution is 7.09. The number of hydrogen-bond donors (Lipinski definition) is 1. The standard InChI is InChI=1S/C27H27FN4O2S/c1-3-14-32(27(34)22-8-4-5-9-23(22)28)16-21-7-6-15-31(21)17-25-30-24(18-35-25)26(33)29-20-12-10-19(2)11-13-20/h4-13,15,18H,3,14,16-17H2,1-2H3,(H,29,33). The Labute approximate surface area is 208 Å². The van der Waals surface area contributed by atoms with Gasteiger partial charge in [0.25, 0.3) is 11.8 Å². The summed E-state index contributed by atoms with van der Waals surface area (Å²) in [7, 11) is 0. The Balaban J connectivity index is 1.45. The molecule has 1 N–H and O–H groups in total. The molecule has 8 heteroatoms. The molecule has 0 radical (unpaired) electrons. The fourth-order valence-corrected chi connectivity index (χ4v) is 4.51. The first kappa shape index (κ1) is 24.3. The van der Waals surface area contributed by atoms with Gasteiger partial charge >= 0.3 is 0 Å². The molecule has 0 unspecified atom stereocenters. The molecular formula is C27H27FN4O2S. The maximum Gasteiger partial charge on any atom is 0.275 e. The minimum atomic E-state index is -0.520. The first-order valence-corrected chi connectivity index (χ1v) is 12.3. The summed E-state index contributed by atoms with van der Waals surface area (Å²) in [6, 6.07) is 17.5. The summed E-state index contributed by atoms with van der Waals surface area (Å²) < 4.78 is 16.2. The van der Waals surface area contributed by atoms with Crippen LogP contribution in [0.25, 0.3) is 0 Å². The van der Waals surface area contributed by atoms with Crippen molar-refractivity contribution in [1.82, 2.24) is 14.5 Å². The number of amides is 2. The summed E-state index contributed by atoms with van der Waals surface area (Å²) in [5.41, 5.74) is 3.18. The van der Waals surface area contributed by atoms with Gasteiger partial charge in [-0.05, 0) is 49.7 Å². The van der Waals surface area contributed by atoms with Gasteiger partial charge in [-0.2, -0.15) is 0 Å². The molecule has 6 nitrogen and oxygen atoms in total. The van der Waals surface area contributed by atoms with E-state index in [-0.39, 0.29) is 17.4 Å². The van der Waals surface area contributed by atoms with Gasteiger partial charge in [-0.25, -0.2) is 9.37 Å². The molecule has 2 aromatic carbocycles. The van der Waals surface area contributed by atoms with Crippen molar-refractivity contribution in [1.29, 1.82) is 0 Å². The third kappa shape index (κ3) is 6.02. The highest BCUT2D eigenvalue weighted by Gasteiger charge is 2.20. The first-order valence-electron chi connectivity index (χ1n) is 11.4. The number of aryl methyl sites for hydroxylation is 1. The van der Waals surface area contributed by atoms with Gasteiger partial charge in [0.05, 0.1) is 18.7 Å². The van der Waals surface area contributed by atoms with Gasteiger partial charge in [0.2, 0.25) is 0 Å². The molecule has 180 valence electrons. The Hall–Kier alpha value is -3.78. The molecule has 4 rings (SSSR count). The van der Waals surface area contributed by atoms with Crippen molar-refractivity contribution in [3.05, 3.63) is 106 Å². The smallest absolute Gasteiger partial charge is 0.275 e. The van der Waals surface area contributed by atoms with Gasteiger partial charge in [-0.3, -0.25) is 9.59 Å². The van der Waals surface area contributed by atoms with Gasteiger partial charge < -0.3 is 14.8 Å². The Morgan fingerprint density at radius 3 is 2.60 bits per heavy atom. The third-order valence-corrected chi connectivity index (χ3v) is 6.39. The molecule has 0 fully saturated rings. The number of carbonyl (C=O) groups excluding carboxylic acids is 2. The van der Waals surface area contributed by atoms with Crippen molar-refractivity contribution in [3.8, 4) is 0 Å². The number of anilines is 1. The number of nitrogens with zero attached hydrogens (tertiary/aromatic N) is 3. The van der Waals surface area contributed by atoms with E-state index >= 15 is 0 Å². The molecule has 35 heavy (non-hydrogen) atoms. The second-order valence-corrected chi connectivity index (χ2v) is 9.22. The lowest BCUT2D eigenvalue weighted by Gasteiger charge is -2.23. The molecule has 4 aromatic rings. The number of benzene rings is 2. The average Bonchev–Trinajstić information content (AvgIpc) is 3.50. The van der Waals surface area contributed by atoms with Crippen molar-refractivity contribution in [2.75, 3.05) is 11.9 Å². The SMILES string of the molecule is CCCN(Cc1cccn1Cc1nc(C(=O)Nc2ccc(C)cc2)cs1)C(=O)c1ccccc1F. The zero-order chi connectivity index (χ0) is 24.8. The van der Waals surface area contributed by atoms with Crippen LogP contribution in [-0.2, 0) is 13.1 Å². The summed E-state index contributed by atoms with van der Waals surface area (Å²) in [4.78, 5) is 31.8. The van der Waals surface area contributed by atoms with E-state index in [0.29, 0.717) is 25.3 Å². The predicted molar refractivity (Wildman–Crippen MR) is 136 cm³/mol. The lowest BCUT2D eigenvalue weighted by molar-refractivity contribution is 0.0734. The van der Waals surface area contributed by atoms with Crippen LogP contribution in [0, 0.1) is 12.7 Å². The largest absolute Gasteiger partial charge is 0.343 e. The number of rotatable bonds is 9. The molecule has 0 saturated heterocycles. The molecule has 0 atom stereocenters. The van der Waals surface area contributed by atoms with Crippen molar-refractivity contribution in [2.45, 2.75) is 33.4 Å². The number of aromatic nitrogens is 2. The third-order valence-electron chi connectivity index (χ3n) is 5.56. The van der Waals surface area contributed by atoms with E-state index in [1.54, 1.807) is 22.4 Å². The maximum atomic E-state index is 14.2. The molecule has 0 aliphatic carbocycles. The fourth-order valence-electron chi connectivity index (χ4n) is 3.74. The Morgan fingerprint density at radius 2 is 1.86 bits per heavy atom. The zero-order valence-corrected chi connectivity index (χ0v) is 20.5. The summed E-state index contributed by atoms with van der Waals surface area (Å²) in [5.74, 6) is -1.11. The fraction of sp³-hybridized carbons (Fsp3) is 0.222. The molecule has 0 saturated carbocycles. The van der Waals surface area contributed by atoms with Crippen LogP contribution < -0.4 is 5.32 Å². The van der Waals surface area contributed by atoms with E-state index < -0.39 is 5.82 Å². The van der Waals surface area contributed by atoms with Crippen molar-refractivity contribution in [3.63, 3.8) is 0 Å². The molecule has 0 spiro atoms. The normalized spacial score (nSPS) is 10.8. The van der Waals surface area contributed by atoms with Crippen LogP contribution in [0.3, 0.4) is 0 Å². The van der Waals surface area contributed by atoms with E-state index in [4.69, 9.17) is 0 Å². The second kappa shape index (κ2) is 11.1. The van der Waals surface area contributed by atoms with Crippen LogP contribution >= 0.6 is 11.3 Å².